The van der Waals surface area contributed by atoms with Crippen molar-refractivity contribution in [2.75, 3.05) is 0 Å². The Labute approximate surface area is 228 Å². The Kier molecular flexibility index (Phi) is 5.53. The van der Waals surface area contributed by atoms with E-state index < -0.39 is 8.07 Å². The molecule has 0 unspecified atom stereocenters. The molecule has 1 aliphatic rings. The van der Waals surface area contributed by atoms with Crippen LogP contribution in [0.3, 0.4) is 0 Å². The highest BCUT2D eigenvalue weighted by Gasteiger charge is 2.45. The number of aromatic nitrogens is 4. The second-order valence-electron chi connectivity index (χ2n) is 10.3. The van der Waals surface area contributed by atoms with Gasteiger partial charge in [-0.3, -0.25) is 9.97 Å². The summed E-state index contributed by atoms with van der Waals surface area (Å²) >= 11 is 0. The van der Waals surface area contributed by atoms with Crippen LogP contribution in [-0.4, -0.2) is 28.0 Å². The smallest absolute Gasteiger partial charge is 0.119 e. The van der Waals surface area contributed by atoms with E-state index in [4.69, 9.17) is 19.9 Å². The zero-order chi connectivity index (χ0) is 26.4. The maximum atomic E-state index is 5.19. The van der Waals surface area contributed by atoms with Crippen molar-refractivity contribution < 1.29 is 0 Å². The van der Waals surface area contributed by atoms with Gasteiger partial charge in [0.15, 0.2) is 0 Å². The van der Waals surface area contributed by atoms with Gasteiger partial charge in [0.2, 0.25) is 0 Å². The van der Waals surface area contributed by atoms with Gasteiger partial charge in [0, 0.05) is 0 Å². The molecule has 0 atom stereocenters. The van der Waals surface area contributed by atoms with E-state index in [1.807, 2.05) is 60.9 Å². The van der Waals surface area contributed by atoms with E-state index in [0.717, 1.165) is 33.5 Å². The van der Waals surface area contributed by atoms with Gasteiger partial charge in [0.1, 0.15) is 8.07 Å². The van der Waals surface area contributed by atoms with Crippen LogP contribution < -0.4 is 0 Å². The molecule has 0 spiro atoms. The van der Waals surface area contributed by atoms with Crippen molar-refractivity contribution in [3.63, 3.8) is 0 Å². The number of hydrogen-bond donors (Lipinski definition) is 0. The third-order valence-electron chi connectivity index (χ3n) is 7.53. The monoisotopic (exact) mass is 518 g/mol. The SMILES string of the molecule is C[Si]1(C)C(c2cnc3ccccc3n2)=C(c2ccccc2)C(c2ccccc2)=C1c1cnc2ccccc2n1. The average Bonchev–Trinajstić information content (AvgIpc) is 3.24. The number of rotatable bonds is 4. The summed E-state index contributed by atoms with van der Waals surface area (Å²) in [5.74, 6) is 0. The van der Waals surface area contributed by atoms with Crippen molar-refractivity contribution >= 4 is 51.7 Å². The molecule has 39 heavy (non-hydrogen) atoms. The van der Waals surface area contributed by atoms with Crippen molar-refractivity contribution in [3.05, 3.63) is 144 Å². The van der Waals surface area contributed by atoms with Crippen LogP contribution in [0.2, 0.25) is 13.1 Å². The van der Waals surface area contributed by atoms with Crippen molar-refractivity contribution in [2.45, 2.75) is 13.1 Å². The molecule has 0 aliphatic carbocycles. The molecule has 0 saturated heterocycles. The van der Waals surface area contributed by atoms with E-state index in [-0.39, 0.29) is 0 Å². The number of allylic oxidation sites excluding steroid dienone is 2. The molecule has 0 N–H and O–H groups in total. The van der Waals surface area contributed by atoms with Gasteiger partial charge in [0.05, 0.1) is 45.8 Å². The minimum Gasteiger partial charge on any atom is -0.252 e. The minimum atomic E-state index is -2.39. The lowest BCUT2D eigenvalue weighted by Crippen LogP contribution is -2.29. The average molecular weight is 519 g/mol. The third-order valence-corrected chi connectivity index (χ3v) is 11.0. The normalized spacial score (nSPS) is 14.9. The molecule has 186 valence electrons. The molecule has 0 bridgehead atoms. The van der Waals surface area contributed by atoms with Crippen molar-refractivity contribution in [1.29, 1.82) is 0 Å². The van der Waals surface area contributed by atoms with Crippen LogP contribution in [0, 0.1) is 0 Å². The topological polar surface area (TPSA) is 51.6 Å². The first-order valence-corrected chi connectivity index (χ1v) is 16.2. The lowest BCUT2D eigenvalue weighted by atomic mass is 9.90. The molecule has 4 aromatic carbocycles. The fraction of sp³-hybridized carbons (Fsp3) is 0.0588. The summed E-state index contributed by atoms with van der Waals surface area (Å²) in [6.45, 7) is 4.81. The molecule has 6 aromatic rings. The van der Waals surface area contributed by atoms with E-state index in [2.05, 4.69) is 73.8 Å². The number of benzene rings is 4. The van der Waals surface area contributed by atoms with Crippen LogP contribution in [0.15, 0.2) is 122 Å². The predicted octanol–water partition coefficient (Wildman–Crippen LogP) is 7.90. The summed E-state index contributed by atoms with van der Waals surface area (Å²) in [4.78, 5) is 20.0. The summed E-state index contributed by atoms with van der Waals surface area (Å²) in [6, 6.07) is 37.5. The first kappa shape index (κ1) is 23.4. The molecule has 4 nitrogen and oxygen atoms in total. The second kappa shape index (κ2) is 9.22. The molecule has 0 radical (unpaired) electrons. The van der Waals surface area contributed by atoms with Crippen LogP contribution in [0.1, 0.15) is 22.5 Å². The van der Waals surface area contributed by atoms with Gasteiger partial charge in [0.25, 0.3) is 0 Å². The third kappa shape index (κ3) is 3.90. The summed E-state index contributed by atoms with van der Waals surface area (Å²) in [6.07, 6.45) is 3.90. The first-order valence-electron chi connectivity index (χ1n) is 13.2. The summed E-state index contributed by atoms with van der Waals surface area (Å²) in [5.41, 5.74) is 10.2. The van der Waals surface area contributed by atoms with Gasteiger partial charge in [-0.25, -0.2) is 9.97 Å². The molecule has 2 aromatic heterocycles. The molecule has 0 saturated carbocycles. The quantitative estimate of drug-likeness (QED) is 0.223. The molecule has 1 aliphatic heterocycles. The van der Waals surface area contributed by atoms with Gasteiger partial charge >= 0.3 is 0 Å². The van der Waals surface area contributed by atoms with Gasteiger partial charge in [-0.15, -0.1) is 0 Å². The Morgan fingerprint density at radius 2 is 0.795 bits per heavy atom. The Hall–Kier alpha value is -4.74. The van der Waals surface area contributed by atoms with Gasteiger partial charge in [-0.1, -0.05) is 98.0 Å². The Morgan fingerprint density at radius 1 is 0.436 bits per heavy atom. The highest BCUT2D eigenvalue weighted by Crippen LogP contribution is 2.54. The van der Waals surface area contributed by atoms with Crippen molar-refractivity contribution in [1.82, 2.24) is 19.9 Å². The molecule has 5 heteroatoms. The second-order valence-corrected chi connectivity index (χ2v) is 14.6. The molecular weight excluding hydrogens is 492 g/mol. The van der Waals surface area contributed by atoms with Crippen molar-refractivity contribution in [3.8, 4) is 0 Å². The van der Waals surface area contributed by atoms with Crippen LogP contribution >= 0.6 is 0 Å². The fourth-order valence-electron chi connectivity index (χ4n) is 5.84. The maximum absolute atomic E-state index is 5.19. The maximum Gasteiger partial charge on any atom is 0.119 e. The van der Waals surface area contributed by atoms with Crippen molar-refractivity contribution in [2.24, 2.45) is 0 Å². The highest BCUT2D eigenvalue weighted by atomic mass is 28.3. The van der Waals surface area contributed by atoms with Crippen LogP contribution in [0.25, 0.3) is 43.6 Å². The minimum absolute atomic E-state index is 0.900. The fourth-order valence-corrected chi connectivity index (χ4v) is 9.40. The number of nitrogens with zero attached hydrogens (tertiary/aromatic N) is 4. The van der Waals surface area contributed by atoms with Crippen LogP contribution in [0.4, 0.5) is 0 Å². The first-order chi connectivity index (χ1) is 19.1. The lowest BCUT2D eigenvalue weighted by molar-refractivity contribution is 1.25. The van der Waals surface area contributed by atoms with Gasteiger partial charge in [-0.2, -0.15) is 0 Å². The van der Waals surface area contributed by atoms with E-state index in [1.54, 1.807) is 0 Å². The molecule has 3 heterocycles. The van der Waals surface area contributed by atoms with E-state index in [9.17, 15) is 0 Å². The number of para-hydroxylation sites is 4. The Bertz CT molecular complexity index is 1790. The predicted molar refractivity (Wildman–Crippen MR) is 163 cm³/mol. The van der Waals surface area contributed by atoms with Gasteiger partial charge in [-0.05, 0) is 56.9 Å². The van der Waals surface area contributed by atoms with Gasteiger partial charge < -0.3 is 0 Å². The van der Waals surface area contributed by atoms with E-state index in [0.29, 0.717) is 0 Å². The molecular formula is C34H26N4Si. The Morgan fingerprint density at radius 3 is 1.21 bits per heavy atom. The van der Waals surface area contributed by atoms with Crippen LogP contribution in [-0.2, 0) is 0 Å². The standard InChI is InChI=1S/C34H26N4Si/c1-39(2)33(29-21-35-25-17-9-11-19-27(25)37-29)31(23-13-5-3-6-14-23)32(24-15-7-4-8-16-24)34(39)30-22-36-26-18-10-12-20-28(26)38-30/h3-22H,1-2H3. The molecule has 0 fully saturated rings. The number of fused-ring (bicyclic) bond motifs is 2. The lowest BCUT2D eigenvalue weighted by Gasteiger charge is -2.25. The Balaban J connectivity index is 1.59. The number of hydrogen-bond acceptors (Lipinski definition) is 4. The highest BCUT2D eigenvalue weighted by molar-refractivity contribution is 7.13. The summed E-state index contributed by atoms with van der Waals surface area (Å²) in [5, 5.41) is 2.55. The molecule has 7 rings (SSSR count). The van der Waals surface area contributed by atoms with E-state index in [1.165, 1.54) is 32.7 Å². The zero-order valence-electron chi connectivity index (χ0n) is 21.8. The summed E-state index contributed by atoms with van der Waals surface area (Å²) < 4.78 is 0. The zero-order valence-corrected chi connectivity index (χ0v) is 22.8. The van der Waals surface area contributed by atoms with E-state index >= 15 is 0 Å². The molecule has 0 amide bonds. The largest absolute Gasteiger partial charge is 0.252 e. The van der Waals surface area contributed by atoms with Crippen LogP contribution in [0.5, 0.6) is 0 Å². The summed E-state index contributed by atoms with van der Waals surface area (Å²) in [7, 11) is -2.39.